The van der Waals surface area contributed by atoms with Crippen molar-refractivity contribution in [3.8, 4) is 0 Å². The van der Waals surface area contributed by atoms with Crippen molar-refractivity contribution in [1.82, 2.24) is 9.80 Å². The van der Waals surface area contributed by atoms with E-state index in [1.165, 1.54) is 0 Å². The smallest absolute Gasteiger partial charge is 0.236 e. The fraction of sp³-hybridized carbons (Fsp3) is 0.778. The molecule has 4 nitrogen and oxygen atoms in total. The van der Waals surface area contributed by atoms with Gasteiger partial charge in [-0.05, 0) is 20.9 Å². The second-order valence-electron chi connectivity index (χ2n) is 2.93. The molecule has 0 bridgehead atoms. The molecule has 0 unspecified atom stereocenters. The maximum Gasteiger partial charge on any atom is 0.236 e. The first-order valence-corrected chi connectivity index (χ1v) is 4.55. The first-order chi connectivity index (χ1) is 6.15. The van der Waals surface area contributed by atoms with Crippen LogP contribution in [0.1, 0.15) is 13.8 Å². The van der Waals surface area contributed by atoms with E-state index in [1.807, 2.05) is 13.8 Å². The van der Waals surface area contributed by atoms with Crippen molar-refractivity contribution in [3.63, 3.8) is 0 Å². The Labute approximate surface area is 79.5 Å². The van der Waals surface area contributed by atoms with Gasteiger partial charge in [-0.1, -0.05) is 0 Å². The maximum atomic E-state index is 11.5. The SMILES string of the molecule is CCN(CC)C(=O)CN(C)CC=O. The van der Waals surface area contributed by atoms with Crippen LogP contribution in [0.3, 0.4) is 0 Å². The third-order valence-electron chi connectivity index (χ3n) is 1.91. The number of hydrogen-bond donors (Lipinski definition) is 0. The fourth-order valence-corrected chi connectivity index (χ4v) is 1.10. The van der Waals surface area contributed by atoms with Gasteiger partial charge in [-0.3, -0.25) is 9.69 Å². The standard InChI is InChI=1S/C9H18N2O2/c1-4-11(5-2)9(13)8-10(3)6-7-12/h7H,4-6,8H2,1-3H3. The highest BCUT2D eigenvalue weighted by molar-refractivity contribution is 5.78. The van der Waals surface area contributed by atoms with Gasteiger partial charge in [0.1, 0.15) is 6.29 Å². The van der Waals surface area contributed by atoms with Gasteiger partial charge in [-0.15, -0.1) is 0 Å². The predicted molar refractivity (Wildman–Crippen MR) is 51.5 cm³/mol. The summed E-state index contributed by atoms with van der Waals surface area (Å²) in [7, 11) is 1.76. The molecule has 0 aromatic rings. The van der Waals surface area contributed by atoms with Gasteiger partial charge in [-0.25, -0.2) is 0 Å². The van der Waals surface area contributed by atoms with E-state index in [0.29, 0.717) is 13.1 Å². The van der Waals surface area contributed by atoms with Gasteiger partial charge in [0, 0.05) is 13.1 Å². The van der Waals surface area contributed by atoms with Crippen LogP contribution in [-0.4, -0.2) is 55.2 Å². The number of nitrogens with zero attached hydrogens (tertiary/aromatic N) is 2. The van der Waals surface area contributed by atoms with E-state index in [9.17, 15) is 9.59 Å². The zero-order valence-electron chi connectivity index (χ0n) is 8.62. The number of carbonyl (C=O) groups is 2. The number of aldehydes is 1. The van der Waals surface area contributed by atoms with Crippen LogP contribution in [-0.2, 0) is 9.59 Å². The molecule has 0 atom stereocenters. The molecule has 0 spiro atoms. The van der Waals surface area contributed by atoms with Crippen molar-refractivity contribution in [3.05, 3.63) is 0 Å². The van der Waals surface area contributed by atoms with E-state index < -0.39 is 0 Å². The minimum absolute atomic E-state index is 0.0781. The molecule has 0 aromatic carbocycles. The topological polar surface area (TPSA) is 40.6 Å². The zero-order valence-corrected chi connectivity index (χ0v) is 8.62. The Kier molecular flexibility index (Phi) is 6.14. The lowest BCUT2D eigenvalue weighted by atomic mass is 10.4. The van der Waals surface area contributed by atoms with Crippen LogP contribution in [0.4, 0.5) is 0 Å². The van der Waals surface area contributed by atoms with Crippen LogP contribution in [0.5, 0.6) is 0 Å². The van der Waals surface area contributed by atoms with Crippen molar-refractivity contribution in [1.29, 1.82) is 0 Å². The monoisotopic (exact) mass is 186 g/mol. The van der Waals surface area contributed by atoms with Crippen molar-refractivity contribution in [2.75, 3.05) is 33.2 Å². The molecule has 0 aliphatic heterocycles. The summed E-state index contributed by atoms with van der Waals surface area (Å²) >= 11 is 0. The van der Waals surface area contributed by atoms with Crippen LogP contribution >= 0.6 is 0 Å². The summed E-state index contributed by atoms with van der Waals surface area (Å²) < 4.78 is 0. The molecule has 0 aromatic heterocycles. The lowest BCUT2D eigenvalue weighted by molar-refractivity contribution is -0.131. The molecule has 1 amide bonds. The Bertz CT molecular complexity index is 167. The molecule has 13 heavy (non-hydrogen) atoms. The van der Waals surface area contributed by atoms with E-state index >= 15 is 0 Å². The van der Waals surface area contributed by atoms with Crippen LogP contribution in [0, 0.1) is 0 Å². The molecular formula is C9H18N2O2. The van der Waals surface area contributed by atoms with Gasteiger partial charge in [-0.2, -0.15) is 0 Å². The van der Waals surface area contributed by atoms with E-state index in [1.54, 1.807) is 16.8 Å². The second-order valence-corrected chi connectivity index (χ2v) is 2.93. The highest BCUT2D eigenvalue weighted by Crippen LogP contribution is 1.90. The quantitative estimate of drug-likeness (QED) is 0.548. The summed E-state index contributed by atoms with van der Waals surface area (Å²) in [6.45, 7) is 5.98. The molecule has 4 heteroatoms. The number of likely N-dealkylation sites (N-methyl/N-ethyl adjacent to an activating group) is 2. The summed E-state index contributed by atoms with van der Waals surface area (Å²) in [5.41, 5.74) is 0. The first-order valence-electron chi connectivity index (χ1n) is 4.55. The number of amides is 1. The largest absolute Gasteiger partial charge is 0.342 e. The Hall–Kier alpha value is -0.900. The van der Waals surface area contributed by atoms with E-state index in [4.69, 9.17) is 0 Å². The maximum absolute atomic E-state index is 11.5. The summed E-state index contributed by atoms with van der Waals surface area (Å²) in [6, 6.07) is 0. The minimum atomic E-state index is 0.0781. The van der Waals surface area contributed by atoms with Gasteiger partial charge in [0.25, 0.3) is 0 Å². The molecule has 0 aliphatic rings. The molecule has 0 heterocycles. The molecule has 0 aliphatic carbocycles. The highest BCUT2D eigenvalue weighted by atomic mass is 16.2. The average molecular weight is 186 g/mol. The Morgan fingerprint density at radius 3 is 2.23 bits per heavy atom. The summed E-state index contributed by atoms with van der Waals surface area (Å²) in [5, 5.41) is 0. The molecule has 0 N–H and O–H groups in total. The van der Waals surface area contributed by atoms with Gasteiger partial charge in [0.15, 0.2) is 0 Å². The van der Waals surface area contributed by atoms with Crippen LogP contribution in [0.25, 0.3) is 0 Å². The summed E-state index contributed by atoms with van der Waals surface area (Å²) in [5.74, 6) is 0.0781. The Morgan fingerprint density at radius 2 is 1.85 bits per heavy atom. The Balaban J connectivity index is 3.89. The van der Waals surface area contributed by atoms with Gasteiger partial charge in [0.05, 0.1) is 13.1 Å². The molecule has 0 radical (unpaired) electrons. The normalized spacial score (nSPS) is 10.2. The zero-order chi connectivity index (χ0) is 10.3. The summed E-state index contributed by atoms with van der Waals surface area (Å²) in [6.07, 6.45) is 0.801. The van der Waals surface area contributed by atoms with E-state index in [-0.39, 0.29) is 5.91 Å². The summed E-state index contributed by atoms with van der Waals surface area (Å²) in [4.78, 5) is 25.1. The third kappa shape index (κ3) is 4.62. The number of hydrogen-bond acceptors (Lipinski definition) is 3. The van der Waals surface area contributed by atoms with Crippen LogP contribution < -0.4 is 0 Å². The van der Waals surface area contributed by atoms with Gasteiger partial charge < -0.3 is 9.69 Å². The van der Waals surface area contributed by atoms with Crippen molar-refractivity contribution in [2.45, 2.75) is 13.8 Å². The molecule has 0 rings (SSSR count). The lowest BCUT2D eigenvalue weighted by Gasteiger charge is -2.21. The third-order valence-corrected chi connectivity index (χ3v) is 1.91. The molecular weight excluding hydrogens is 168 g/mol. The average Bonchev–Trinajstić information content (AvgIpc) is 2.06. The molecule has 76 valence electrons. The molecule has 0 saturated heterocycles. The van der Waals surface area contributed by atoms with Gasteiger partial charge >= 0.3 is 0 Å². The molecule has 0 saturated carbocycles. The number of rotatable bonds is 6. The van der Waals surface area contributed by atoms with Crippen molar-refractivity contribution >= 4 is 12.2 Å². The van der Waals surface area contributed by atoms with Crippen LogP contribution in [0.2, 0.25) is 0 Å². The highest BCUT2D eigenvalue weighted by Gasteiger charge is 2.11. The second kappa shape index (κ2) is 6.60. The minimum Gasteiger partial charge on any atom is -0.342 e. The van der Waals surface area contributed by atoms with Crippen molar-refractivity contribution < 1.29 is 9.59 Å². The van der Waals surface area contributed by atoms with Crippen LogP contribution in [0.15, 0.2) is 0 Å². The van der Waals surface area contributed by atoms with E-state index in [2.05, 4.69) is 0 Å². The predicted octanol–water partition coefficient (Wildman–Crippen LogP) is -0.0145. The molecule has 0 fully saturated rings. The Morgan fingerprint density at radius 1 is 1.31 bits per heavy atom. The first kappa shape index (κ1) is 12.1. The van der Waals surface area contributed by atoms with Crippen molar-refractivity contribution in [2.24, 2.45) is 0 Å². The lowest BCUT2D eigenvalue weighted by Crippen LogP contribution is -2.39. The van der Waals surface area contributed by atoms with Gasteiger partial charge in [0.2, 0.25) is 5.91 Å². The number of carbonyl (C=O) groups excluding carboxylic acids is 2. The van der Waals surface area contributed by atoms with E-state index in [0.717, 1.165) is 19.4 Å². The fourth-order valence-electron chi connectivity index (χ4n) is 1.10.